The third-order valence-electron chi connectivity index (χ3n) is 2.59. The second-order valence-electron chi connectivity index (χ2n) is 4.29. The molecule has 1 aromatic heterocycles. The van der Waals surface area contributed by atoms with Gasteiger partial charge in [-0.25, -0.2) is 4.98 Å². The van der Waals surface area contributed by atoms with E-state index < -0.39 is 0 Å². The summed E-state index contributed by atoms with van der Waals surface area (Å²) >= 11 is 9.33. The van der Waals surface area contributed by atoms with Gasteiger partial charge in [0, 0.05) is 10.7 Å². The maximum atomic E-state index is 12.2. The fraction of sp³-hybridized carbons (Fsp3) is 0.143. The molecule has 2 aromatic rings. The van der Waals surface area contributed by atoms with Gasteiger partial charge >= 0.3 is 0 Å². The summed E-state index contributed by atoms with van der Waals surface area (Å²) in [5.74, 6) is -0.218. The molecular weight excluding hydrogens is 328 g/mol. The van der Waals surface area contributed by atoms with Crippen LogP contribution in [0, 0.1) is 13.8 Å². The minimum atomic E-state index is -0.218. The summed E-state index contributed by atoms with van der Waals surface area (Å²) in [6.45, 7) is 3.83. The highest BCUT2D eigenvalue weighted by molar-refractivity contribution is 9.10. The first-order valence-electron chi connectivity index (χ1n) is 5.67. The molecule has 0 bridgehead atoms. The molecular formula is C14H12BrClN2O. The minimum absolute atomic E-state index is 0.218. The number of pyridine rings is 1. The zero-order valence-corrected chi connectivity index (χ0v) is 12.8. The largest absolute Gasteiger partial charge is 0.319 e. The first-order valence-corrected chi connectivity index (χ1v) is 6.84. The summed E-state index contributed by atoms with van der Waals surface area (Å²) in [6, 6.07) is 7.38. The average Bonchev–Trinajstić information content (AvgIpc) is 2.36. The lowest BCUT2D eigenvalue weighted by Gasteiger charge is -2.09. The van der Waals surface area contributed by atoms with Crippen LogP contribution in [0.4, 0.5) is 5.69 Å². The van der Waals surface area contributed by atoms with Crippen LogP contribution in [-0.2, 0) is 0 Å². The van der Waals surface area contributed by atoms with Gasteiger partial charge in [-0.3, -0.25) is 4.79 Å². The van der Waals surface area contributed by atoms with Crippen LogP contribution in [0.2, 0.25) is 5.15 Å². The summed E-state index contributed by atoms with van der Waals surface area (Å²) in [5, 5.41) is 3.05. The van der Waals surface area contributed by atoms with E-state index in [0.29, 0.717) is 11.3 Å². The lowest BCUT2D eigenvalue weighted by atomic mass is 10.1. The number of aryl methyl sites for hydroxylation is 2. The number of carbonyl (C=O) groups excluding carboxylic acids is 1. The predicted molar refractivity (Wildman–Crippen MR) is 80.8 cm³/mol. The molecule has 1 amide bonds. The van der Waals surface area contributed by atoms with Crippen molar-refractivity contribution >= 4 is 39.1 Å². The lowest BCUT2D eigenvalue weighted by Crippen LogP contribution is -2.13. The van der Waals surface area contributed by atoms with E-state index in [2.05, 4.69) is 26.2 Å². The maximum Gasteiger partial charge on any atom is 0.256 e. The Bertz CT molecular complexity index is 643. The van der Waals surface area contributed by atoms with Crippen LogP contribution >= 0.6 is 27.5 Å². The molecule has 0 radical (unpaired) electrons. The highest BCUT2D eigenvalue weighted by Gasteiger charge is 2.12. The number of halogens is 2. The summed E-state index contributed by atoms with van der Waals surface area (Å²) in [6.07, 6.45) is 1.65. The van der Waals surface area contributed by atoms with Gasteiger partial charge in [0.1, 0.15) is 0 Å². The molecule has 1 N–H and O–H groups in total. The van der Waals surface area contributed by atoms with Gasteiger partial charge in [-0.15, -0.1) is 0 Å². The van der Waals surface area contributed by atoms with E-state index in [1.807, 2.05) is 32.0 Å². The van der Waals surface area contributed by atoms with E-state index >= 15 is 0 Å². The molecule has 0 atom stereocenters. The van der Waals surface area contributed by atoms with E-state index in [9.17, 15) is 4.79 Å². The van der Waals surface area contributed by atoms with Gasteiger partial charge in [0.15, 0.2) is 5.15 Å². The number of rotatable bonds is 2. The smallest absolute Gasteiger partial charge is 0.256 e. The Hall–Kier alpha value is -1.39. The van der Waals surface area contributed by atoms with E-state index in [0.717, 1.165) is 15.6 Å². The molecule has 0 aliphatic rings. The molecule has 0 aliphatic carbocycles. The number of anilines is 1. The van der Waals surface area contributed by atoms with Gasteiger partial charge in [0.05, 0.1) is 11.3 Å². The molecule has 0 unspecified atom stereocenters. The molecule has 1 aromatic carbocycles. The SMILES string of the molecule is Cc1cnc(Cl)c(NC(=O)c2cc(C)ccc2Br)c1. The monoisotopic (exact) mass is 338 g/mol. The molecule has 5 heteroatoms. The van der Waals surface area contributed by atoms with Crippen LogP contribution in [0.5, 0.6) is 0 Å². The fourth-order valence-electron chi connectivity index (χ4n) is 1.64. The fourth-order valence-corrected chi connectivity index (χ4v) is 2.22. The Balaban J connectivity index is 2.30. The Morgan fingerprint density at radius 3 is 2.74 bits per heavy atom. The van der Waals surface area contributed by atoms with Crippen molar-refractivity contribution < 1.29 is 4.79 Å². The molecule has 0 saturated carbocycles. The van der Waals surface area contributed by atoms with Crippen molar-refractivity contribution in [2.75, 3.05) is 5.32 Å². The van der Waals surface area contributed by atoms with Gasteiger partial charge in [-0.1, -0.05) is 23.2 Å². The molecule has 0 aliphatic heterocycles. The Morgan fingerprint density at radius 1 is 1.26 bits per heavy atom. The molecule has 0 saturated heterocycles. The lowest BCUT2D eigenvalue weighted by molar-refractivity contribution is 0.102. The van der Waals surface area contributed by atoms with Gasteiger partial charge in [-0.05, 0) is 53.5 Å². The number of aromatic nitrogens is 1. The first-order chi connectivity index (χ1) is 8.97. The van der Waals surface area contributed by atoms with Gasteiger partial charge in [0.2, 0.25) is 0 Å². The predicted octanol–water partition coefficient (Wildman–Crippen LogP) is 4.37. The highest BCUT2D eigenvalue weighted by atomic mass is 79.9. The van der Waals surface area contributed by atoms with Crippen LogP contribution < -0.4 is 5.32 Å². The van der Waals surface area contributed by atoms with E-state index in [-0.39, 0.29) is 11.1 Å². The highest BCUT2D eigenvalue weighted by Crippen LogP contribution is 2.23. The van der Waals surface area contributed by atoms with Crippen LogP contribution in [0.3, 0.4) is 0 Å². The van der Waals surface area contributed by atoms with Crippen LogP contribution in [-0.4, -0.2) is 10.9 Å². The molecule has 3 nitrogen and oxygen atoms in total. The first kappa shape index (κ1) is 14.0. The molecule has 98 valence electrons. The van der Waals surface area contributed by atoms with Crippen molar-refractivity contribution in [1.29, 1.82) is 0 Å². The maximum absolute atomic E-state index is 12.2. The van der Waals surface area contributed by atoms with E-state index in [1.54, 1.807) is 12.3 Å². The Morgan fingerprint density at radius 2 is 2.00 bits per heavy atom. The standard InChI is InChI=1S/C14H12BrClN2O/c1-8-3-4-11(15)10(5-8)14(19)18-12-6-9(2)7-17-13(12)16/h3-7H,1-2H3,(H,18,19). The van der Waals surface area contributed by atoms with Crippen molar-refractivity contribution in [1.82, 2.24) is 4.98 Å². The van der Waals surface area contributed by atoms with Crippen LogP contribution in [0.15, 0.2) is 34.9 Å². The third kappa shape index (κ3) is 3.33. The van der Waals surface area contributed by atoms with Gasteiger partial charge < -0.3 is 5.32 Å². The molecule has 2 rings (SSSR count). The number of benzene rings is 1. The minimum Gasteiger partial charge on any atom is -0.319 e. The number of nitrogens with one attached hydrogen (secondary N) is 1. The molecule has 19 heavy (non-hydrogen) atoms. The van der Waals surface area contributed by atoms with Crippen LogP contribution in [0.25, 0.3) is 0 Å². The van der Waals surface area contributed by atoms with E-state index in [4.69, 9.17) is 11.6 Å². The normalized spacial score (nSPS) is 10.3. The van der Waals surface area contributed by atoms with Gasteiger partial charge in [0.25, 0.3) is 5.91 Å². The Kier molecular flexibility index (Phi) is 4.22. The quantitative estimate of drug-likeness (QED) is 0.826. The van der Waals surface area contributed by atoms with Crippen molar-refractivity contribution in [2.24, 2.45) is 0 Å². The van der Waals surface area contributed by atoms with Crippen molar-refractivity contribution in [3.8, 4) is 0 Å². The molecule has 0 spiro atoms. The zero-order chi connectivity index (χ0) is 14.0. The summed E-state index contributed by atoms with van der Waals surface area (Å²) < 4.78 is 0.743. The topological polar surface area (TPSA) is 42.0 Å². The second-order valence-corrected chi connectivity index (χ2v) is 5.50. The number of carbonyl (C=O) groups is 1. The van der Waals surface area contributed by atoms with Crippen molar-refractivity contribution in [3.63, 3.8) is 0 Å². The number of hydrogen-bond acceptors (Lipinski definition) is 2. The summed E-state index contributed by atoms with van der Waals surface area (Å²) in [7, 11) is 0. The van der Waals surface area contributed by atoms with Crippen LogP contribution in [0.1, 0.15) is 21.5 Å². The molecule has 1 heterocycles. The molecule has 0 fully saturated rings. The summed E-state index contributed by atoms with van der Waals surface area (Å²) in [5.41, 5.74) is 3.03. The average molecular weight is 340 g/mol. The number of hydrogen-bond donors (Lipinski definition) is 1. The summed E-state index contributed by atoms with van der Waals surface area (Å²) in [4.78, 5) is 16.2. The van der Waals surface area contributed by atoms with E-state index in [1.165, 1.54) is 0 Å². The second kappa shape index (κ2) is 5.72. The van der Waals surface area contributed by atoms with Gasteiger partial charge in [-0.2, -0.15) is 0 Å². The number of nitrogens with zero attached hydrogens (tertiary/aromatic N) is 1. The third-order valence-corrected chi connectivity index (χ3v) is 3.58. The Labute approximate surface area is 125 Å². The van der Waals surface area contributed by atoms with Crippen molar-refractivity contribution in [3.05, 3.63) is 56.8 Å². The number of amides is 1. The van der Waals surface area contributed by atoms with Crippen molar-refractivity contribution in [2.45, 2.75) is 13.8 Å². The zero-order valence-electron chi connectivity index (χ0n) is 10.5.